The average Bonchev–Trinajstić information content (AvgIpc) is 2.72. The van der Waals surface area contributed by atoms with Gasteiger partial charge in [0.2, 0.25) is 0 Å². The first-order chi connectivity index (χ1) is 13.7. The third kappa shape index (κ3) is 7.66. The molecule has 5 nitrogen and oxygen atoms in total. The van der Waals surface area contributed by atoms with Gasteiger partial charge < -0.3 is 9.47 Å². The molecule has 0 spiro atoms. The molecule has 2 aromatic rings. The minimum atomic E-state index is -0.319. The Morgan fingerprint density at radius 3 is 2.64 bits per heavy atom. The predicted molar refractivity (Wildman–Crippen MR) is 113 cm³/mol. The molecule has 0 heterocycles. The molecule has 0 aromatic heterocycles. The van der Waals surface area contributed by atoms with Gasteiger partial charge in [-0.3, -0.25) is 4.79 Å². The number of unbranched alkanes of at least 4 members (excludes halogenated alkanes) is 2. The van der Waals surface area contributed by atoms with Crippen molar-refractivity contribution in [2.75, 3.05) is 13.2 Å². The predicted octanol–water partition coefficient (Wildman–Crippen LogP) is 4.51. The van der Waals surface area contributed by atoms with E-state index < -0.39 is 0 Å². The second-order valence-electron chi connectivity index (χ2n) is 6.31. The highest BCUT2D eigenvalue weighted by Crippen LogP contribution is 2.18. The number of hydrazone groups is 1. The minimum absolute atomic E-state index is 0.101. The summed E-state index contributed by atoms with van der Waals surface area (Å²) < 4.78 is 11.2. The molecule has 0 atom stereocenters. The molecule has 1 N–H and O–H groups in total. The van der Waals surface area contributed by atoms with Crippen LogP contribution in [0.2, 0.25) is 0 Å². The van der Waals surface area contributed by atoms with Gasteiger partial charge in [-0.2, -0.15) is 5.10 Å². The Kier molecular flexibility index (Phi) is 9.35. The fourth-order valence-electron chi connectivity index (χ4n) is 2.52. The molecule has 148 valence electrons. The summed E-state index contributed by atoms with van der Waals surface area (Å²) in [6.07, 6.45) is 7.49. The number of amides is 1. The van der Waals surface area contributed by atoms with Crippen molar-refractivity contribution in [2.45, 2.75) is 32.6 Å². The van der Waals surface area contributed by atoms with Gasteiger partial charge in [0.1, 0.15) is 11.5 Å². The molecule has 0 radical (unpaired) electrons. The summed E-state index contributed by atoms with van der Waals surface area (Å²) in [6.45, 7) is 6.52. The molecule has 0 saturated heterocycles. The van der Waals surface area contributed by atoms with Crippen molar-refractivity contribution in [3.63, 3.8) is 0 Å². The van der Waals surface area contributed by atoms with Gasteiger partial charge in [0.25, 0.3) is 5.91 Å². The number of ether oxygens (including phenoxy) is 2. The van der Waals surface area contributed by atoms with Gasteiger partial charge in [0.15, 0.2) is 6.61 Å². The van der Waals surface area contributed by atoms with Crippen molar-refractivity contribution < 1.29 is 14.3 Å². The van der Waals surface area contributed by atoms with E-state index in [1.807, 2.05) is 48.5 Å². The topological polar surface area (TPSA) is 59.9 Å². The van der Waals surface area contributed by atoms with Gasteiger partial charge in [-0.1, -0.05) is 44.0 Å². The molecule has 0 bridgehead atoms. The van der Waals surface area contributed by atoms with E-state index in [0.717, 1.165) is 29.9 Å². The number of hydrogen-bond donors (Lipinski definition) is 1. The lowest BCUT2D eigenvalue weighted by Crippen LogP contribution is -2.24. The Labute approximate surface area is 167 Å². The summed E-state index contributed by atoms with van der Waals surface area (Å²) in [6, 6.07) is 15.2. The summed E-state index contributed by atoms with van der Waals surface area (Å²) in [7, 11) is 0. The maximum Gasteiger partial charge on any atom is 0.277 e. The van der Waals surface area contributed by atoms with Gasteiger partial charge in [-0.05, 0) is 54.3 Å². The van der Waals surface area contributed by atoms with E-state index >= 15 is 0 Å². The SMILES string of the molecule is C=CCc1ccccc1OCC(=O)N/N=C\c1ccc(OCCCCC)cc1. The van der Waals surface area contributed by atoms with Crippen LogP contribution in [0.15, 0.2) is 66.3 Å². The fraction of sp³-hybridized carbons (Fsp3) is 0.304. The molecule has 0 unspecified atom stereocenters. The zero-order valence-corrected chi connectivity index (χ0v) is 16.4. The van der Waals surface area contributed by atoms with Crippen LogP contribution in [-0.2, 0) is 11.2 Å². The highest BCUT2D eigenvalue weighted by molar-refractivity contribution is 5.83. The highest BCUT2D eigenvalue weighted by Gasteiger charge is 2.05. The zero-order chi connectivity index (χ0) is 20.0. The number of para-hydroxylation sites is 1. The minimum Gasteiger partial charge on any atom is -0.494 e. The van der Waals surface area contributed by atoms with E-state index in [4.69, 9.17) is 9.47 Å². The lowest BCUT2D eigenvalue weighted by atomic mass is 10.1. The zero-order valence-electron chi connectivity index (χ0n) is 16.4. The normalized spacial score (nSPS) is 10.6. The second kappa shape index (κ2) is 12.3. The molecule has 0 fully saturated rings. The van der Waals surface area contributed by atoms with Crippen LogP contribution < -0.4 is 14.9 Å². The summed E-state index contributed by atoms with van der Waals surface area (Å²) in [5.41, 5.74) is 4.33. The van der Waals surface area contributed by atoms with E-state index in [1.165, 1.54) is 12.8 Å². The van der Waals surface area contributed by atoms with E-state index in [2.05, 4.69) is 24.0 Å². The van der Waals surface area contributed by atoms with Crippen molar-refractivity contribution in [2.24, 2.45) is 5.10 Å². The third-order valence-corrected chi connectivity index (χ3v) is 4.00. The van der Waals surface area contributed by atoms with Crippen LogP contribution in [0.5, 0.6) is 11.5 Å². The smallest absolute Gasteiger partial charge is 0.277 e. The molecular formula is C23H28N2O3. The van der Waals surface area contributed by atoms with E-state index in [1.54, 1.807) is 12.3 Å². The van der Waals surface area contributed by atoms with Crippen molar-refractivity contribution in [3.8, 4) is 11.5 Å². The first-order valence-corrected chi connectivity index (χ1v) is 9.59. The molecule has 2 rings (SSSR count). The second-order valence-corrected chi connectivity index (χ2v) is 6.31. The highest BCUT2D eigenvalue weighted by atomic mass is 16.5. The van der Waals surface area contributed by atoms with Crippen LogP contribution in [0.25, 0.3) is 0 Å². The van der Waals surface area contributed by atoms with Gasteiger partial charge in [0, 0.05) is 0 Å². The molecule has 0 saturated carbocycles. The number of rotatable bonds is 12. The molecule has 1 amide bonds. The first kappa shape index (κ1) is 21.2. The van der Waals surface area contributed by atoms with Crippen molar-refractivity contribution in [1.29, 1.82) is 0 Å². The Hall–Kier alpha value is -3.08. The third-order valence-electron chi connectivity index (χ3n) is 4.00. The molecule has 5 heteroatoms. The Morgan fingerprint density at radius 1 is 1.11 bits per heavy atom. The molecule has 2 aromatic carbocycles. The molecule has 0 aliphatic rings. The van der Waals surface area contributed by atoms with Crippen LogP contribution >= 0.6 is 0 Å². The maximum atomic E-state index is 11.9. The van der Waals surface area contributed by atoms with Crippen LogP contribution in [0.3, 0.4) is 0 Å². The largest absolute Gasteiger partial charge is 0.494 e. The lowest BCUT2D eigenvalue weighted by molar-refractivity contribution is -0.123. The maximum absolute atomic E-state index is 11.9. The van der Waals surface area contributed by atoms with Crippen molar-refractivity contribution >= 4 is 12.1 Å². The van der Waals surface area contributed by atoms with Gasteiger partial charge in [-0.15, -0.1) is 6.58 Å². The van der Waals surface area contributed by atoms with E-state index in [0.29, 0.717) is 12.2 Å². The van der Waals surface area contributed by atoms with E-state index in [-0.39, 0.29) is 12.5 Å². The summed E-state index contributed by atoms with van der Waals surface area (Å²) >= 11 is 0. The number of allylic oxidation sites excluding steroid dienone is 1. The van der Waals surface area contributed by atoms with Crippen molar-refractivity contribution in [3.05, 3.63) is 72.3 Å². The van der Waals surface area contributed by atoms with Gasteiger partial charge in [-0.25, -0.2) is 5.43 Å². The average molecular weight is 380 g/mol. The number of nitrogens with zero attached hydrogens (tertiary/aromatic N) is 1. The molecule has 0 aliphatic heterocycles. The lowest BCUT2D eigenvalue weighted by Gasteiger charge is -2.09. The first-order valence-electron chi connectivity index (χ1n) is 9.59. The Morgan fingerprint density at radius 2 is 1.89 bits per heavy atom. The van der Waals surface area contributed by atoms with Crippen LogP contribution in [0, 0.1) is 0 Å². The van der Waals surface area contributed by atoms with Crippen LogP contribution in [-0.4, -0.2) is 25.3 Å². The quantitative estimate of drug-likeness (QED) is 0.255. The van der Waals surface area contributed by atoms with Crippen LogP contribution in [0.4, 0.5) is 0 Å². The number of benzene rings is 2. The molecular weight excluding hydrogens is 352 g/mol. The summed E-state index contributed by atoms with van der Waals surface area (Å²) in [5.74, 6) is 1.19. The summed E-state index contributed by atoms with van der Waals surface area (Å²) in [5, 5.41) is 3.97. The molecule has 0 aliphatic carbocycles. The standard InChI is InChI=1S/C23H28N2O3/c1-3-5-8-16-27-21-14-12-19(13-15-21)17-24-25-23(26)18-28-22-11-7-6-10-20(22)9-4-2/h4,6-7,10-15,17H,2-3,5,8-9,16,18H2,1H3,(H,25,26)/b24-17-. The fourth-order valence-corrected chi connectivity index (χ4v) is 2.52. The number of hydrogen-bond acceptors (Lipinski definition) is 4. The number of carbonyl (C=O) groups is 1. The Bertz CT molecular complexity index is 770. The van der Waals surface area contributed by atoms with Gasteiger partial charge in [0.05, 0.1) is 12.8 Å². The monoisotopic (exact) mass is 380 g/mol. The Balaban J connectivity index is 1.75. The van der Waals surface area contributed by atoms with Gasteiger partial charge >= 0.3 is 0 Å². The summed E-state index contributed by atoms with van der Waals surface area (Å²) in [4.78, 5) is 11.9. The van der Waals surface area contributed by atoms with Crippen LogP contribution in [0.1, 0.15) is 37.3 Å². The van der Waals surface area contributed by atoms with E-state index in [9.17, 15) is 4.79 Å². The molecule has 28 heavy (non-hydrogen) atoms. The number of nitrogens with one attached hydrogen (secondary N) is 1. The number of carbonyl (C=O) groups excluding carboxylic acids is 1. The van der Waals surface area contributed by atoms with Crippen molar-refractivity contribution in [1.82, 2.24) is 5.43 Å².